The zero-order valence-corrected chi connectivity index (χ0v) is 14.4. The van der Waals surface area contributed by atoms with Gasteiger partial charge < -0.3 is 11.1 Å². The van der Waals surface area contributed by atoms with Gasteiger partial charge in [0.2, 0.25) is 5.91 Å². The van der Waals surface area contributed by atoms with Crippen LogP contribution in [0.25, 0.3) is 0 Å². The first kappa shape index (κ1) is 17.1. The molecule has 0 saturated carbocycles. The minimum atomic E-state index is -0.126. The van der Waals surface area contributed by atoms with E-state index in [0.29, 0.717) is 28.5 Å². The molecule has 0 aliphatic carbocycles. The van der Waals surface area contributed by atoms with Gasteiger partial charge in [-0.2, -0.15) is 0 Å². The summed E-state index contributed by atoms with van der Waals surface area (Å²) in [6.07, 6.45) is 4.32. The van der Waals surface area contributed by atoms with Crippen molar-refractivity contribution in [3.8, 4) is 0 Å². The zero-order valence-electron chi connectivity index (χ0n) is 13.6. The number of nitrogen functional groups attached to an aromatic ring is 1. The lowest BCUT2D eigenvalue weighted by atomic mass is 9.94. The Hall–Kier alpha value is -1.26. The van der Waals surface area contributed by atoms with Crippen LogP contribution in [0, 0.1) is 0 Å². The highest BCUT2D eigenvalue weighted by Crippen LogP contribution is 2.28. The molecule has 4 nitrogen and oxygen atoms in total. The minimum absolute atomic E-state index is 0.00905. The van der Waals surface area contributed by atoms with Gasteiger partial charge in [-0.25, -0.2) is 0 Å². The number of hydrogen-bond donors (Lipinski definition) is 2. The van der Waals surface area contributed by atoms with Crippen LogP contribution in [0.1, 0.15) is 46.5 Å². The predicted octanol–water partition coefficient (Wildman–Crippen LogP) is 3.90. The molecule has 0 aromatic heterocycles. The van der Waals surface area contributed by atoms with Gasteiger partial charge in [0.1, 0.15) is 0 Å². The summed E-state index contributed by atoms with van der Waals surface area (Å²) >= 11 is 6.16. The summed E-state index contributed by atoms with van der Waals surface area (Å²) in [6, 6.07) is 5.89. The van der Waals surface area contributed by atoms with Gasteiger partial charge in [0.05, 0.1) is 16.8 Å². The molecule has 1 fully saturated rings. The molecule has 1 aromatic rings. The van der Waals surface area contributed by atoms with Crippen LogP contribution in [0.15, 0.2) is 18.2 Å². The van der Waals surface area contributed by atoms with Crippen LogP contribution >= 0.6 is 11.6 Å². The molecule has 3 unspecified atom stereocenters. The second kappa shape index (κ2) is 7.34. The van der Waals surface area contributed by atoms with Crippen LogP contribution in [0.2, 0.25) is 5.02 Å². The van der Waals surface area contributed by atoms with E-state index < -0.39 is 0 Å². The lowest BCUT2D eigenvalue weighted by Gasteiger charge is -2.43. The molecule has 0 spiro atoms. The van der Waals surface area contributed by atoms with Crippen molar-refractivity contribution in [3.63, 3.8) is 0 Å². The first-order chi connectivity index (χ1) is 10.4. The van der Waals surface area contributed by atoms with Gasteiger partial charge in [-0.15, -0.1) is 0 Å². The van der Waals surface area contributed by atoms with Gasteiger partial charge in [-0.3, -0.25) is 9.69 Å². The quantitative estimate of drug-likeness (QED) is 0.826. The van der Waals surface area contributed by atoms with Crippen molar-refractivity contribution in [1.29, 1.82) is 0 Å². The third kappa shape index (κ3) is 3.73. The maximum atomic E-state index is 12.7. The van der Waals surface area contributed by atoms with Crippen molar-refractivity contribution >= 4 is 28.9 Å². The number of rotatable bonds is 4. The van der Waals surface area contributed by atoms with Crippen molar-refractivity contribution in [2.75, 3.05) is 11.1 Å². The molecule has 1 heterocycles. The Balaban J connectivity index is 2.14. The van der Waals surface area contributed by atoms with E-state index >= 15 is 0 Å². The molecular formula is C17H26ClN3O. The van der Waals surface area contributed by atoms with Gasteiger partial charge in [-0.05, 0) is 51.3 Å². The summed E-state index contributed by atoms with van der Waals surface area (Å²) in [7, 11) is 0. The lowest BCUT2D eigenvalue weighted by Crippen LogP contribution is -2.54. The molecule has 1 saturated heterocycles. The molecule has 2 rings (SSSR count). The van der Waals surface area contributed by atoms with Crippen molar-refractivity contribution in [3.05, 3.63) is 23.2 Å². The summed E-state index contributed by atoms with van der Waals surface area (Å²) in [5.74, 6) is 0.00905. The molecule has 5 heteroatoms. The molecule has 1 aromatic carbocycles. The van der Waals surface area contributed by atoms with Crippen LogP contribution < -0.4 is 11.1 Å². The highest BCUT2D eigenvalue weighted by Gasteiger charge is 2.34. The highest BCUT2D eigenvalue weighted by molar-refractivity contribution is 6.34. The van der Waals surface area contributed by atoms with E-state index in [1.165, 1.54) is 6.42 Å². The van der Waals surface area contributed by atoms with Crippen molar-refractivity contribution in [2.45, 2.75) is 64.6 Å². The number of nitrogens with one attached hydrogen (secondary N) is 1. The smallest absolute Gasteiger partial charge is 0.241 e. The van der Waals surface area contributed by atoms with Crippen LogP contribution in [0.4, 0.5) is 11.4 Å². The molecule has 1 aliphatic heterocycles. The number of hydrogen-bond acceptors (Lipinski definition) is 3. The van der Waals surface area contributed by atoms with E-state index in [0.717, 1.165) is 19.3 Å². The third-order valence-electron chi connectivity index (χ3n) is 4.56. The highest BCUT2D eigenvalue weighted by atomic mass is 35.5. The number of likely N-dealkylation sites (tertiary alicyclic amines) is 1. The van der Waals surface area contributed by atoms with Gasteiger partial charge >= 0.3 is 0 Å². The summed E-state index contributed by atoms with van der Waals surface area (Å²) < 4.78 is 0. The fourth-order valence-corrected chi connectivity index (χ4v) is 3.67. The molecule has 3 N–H and O–H groups in total. The Morgan fingerprint density at radius 1 is 1.41 bits per heavy atom. The summed E-state index contributed by atoms with van der Waals surface area (Å²) in [5.41, 5.74) is 6.91. The SMILES string of the molecule is CCC(C(=O)Nc1ccc(N)cc1Cl)N1C(C)CCCC1C. The summed E-state index contributed by atoms with van der Waals surface area (Å²) in [5, 5.41) is 3.43. The number of piperidine rings is 1. The second-order valence-electron chi connectivity index (χ2n) is 6.23. The molecule has 1 aliphatic rings. The summed E-state index contributed by atoms with van der Waals surface area (Å²) in [6.45, 7) is 6.48. The summed E-state index contributed by atoms with van der Waals surface area (Å²) in [4.78, 5) is 15.1. The number of nitrogens with two attached hydrogens (primary N) is 1. The van der Waals surface area contributed by atoms with Crippen molar-refractivity contribution < 1.29 is 4.79 Å². The van der Waals surface area contributed by atoms with Crippen LogP contribution in [0.5, 0.6) is 0 Å². The normalized spacial score (nSPS) is 24.0. The number of carbonyl (C=O) groups excluding carboxylic acids is 1. The van der Waals surface area contributed by atoms with Crippen molar-refractivity contribution in [1.82, 2.24) is 4.90 Å². The number of amides is 1. The minimum Gasteiger partial charge on any atom is -0.399 e. The zero-order chi connectivity index (χ0) is 16.3. The first-order valence-electron chi connectivity index (χ1n) is 8.07. The molecule has 0 bridgehead atoms. The lowest BCUT2D eigenvalue weighted by molar-refractivity contribution is -0.124. The van der Waals surface area contributed by atoms with E-state index in [4.69, 9.17) is 17.3 Å². The molecule has 0 radical (unpaired) electrons. The Kier molecular flexibility index (Phi) is 5.70. The Labute approximate surface area is 138 Å². The Morgan fingerprint density at radius 2 is 2.05 bits per heavy atom. The molecule has 1 amide bonds. The van der Waals surface area contributed by atoms with Gasteiger partial charge in [0, 0.05) is 17.8 Å². The molecule has 3 atom stereocenters. The van der Waals surface area contributed by atoms with Gasteiger partial charge in [0.15, 0.2) is 0 Å². The molecule has 22 heavy (non-hydrogen) atoms. The number of benzene rings is 1. The number of carbonyl (C=O) groups is 1. The van der Waals surface area contributed by atoms with E-state index in [9.17, 15) is 4.79 Å². The average molecular weight is 324 g/mol. The third-order valence-corrected chi connectivity index (χ3v) is 4.87. The number of anilines is 2. The topological polar surface area (TPSA) is 58.4 Å². The second-order valence-corrected chi connectivity index (χ2v) is 6.64. The number of halogens is 1. The fraction of sp³-hybridized carbons (Fsp3) is 0.588. The van der Waals surface area contributed by atoms with Crippen molar-refractivity contribution in [2.24, 2.45) is 0 Å². The molecular weight excluding hydrogens is 298 g/mol. The van der Waals surface area contributed by atoms with Crippen LogP contribution in [-0.4, -0.2) is 28.9 Å². The van der Waals surface area contributed by atoms with E-state index in [1.54, 1.807) is 18.2 Å². The van der Waals surface area contributed by atoms with E-state index in [-0.39, 0.29) is 11.9 Å². The van der Waals surface area contributed by atoms with E-state index in [2.05, 4.69) is 31.0 Å². The monoisotopic (exact) mass is 323 g/mol. The largest absolute Gasteiger partial charge is 0.399 e. The first-order valence-corrected chi connectivity index (χ1v) is 8.45. The maximum absolute atomic E-state index is 12.7. The van der Waals surface area contributed by atoms with Gasteiger partial charge in [-0.1, -0.05) is 24.9 Å². The predicted molar refractivity (Wildman–Crippen MR) is 93.2 cm³/mol. The van der Waals surface area contributed by atoms with Crippen LogP contribution in [-0.2, 0) is 4.79 Å². The van der Waals surface area contributed by atoms with Gasteiger partial charge in [0.25, 0.3) is 0 Å². The fourth-order valence-electron chi connectivity index (χ4n) is 3.44. The average Bonchev–Trinajstić information content (AvgIpc) is 2.46. The van der Waals surface area contributed by atoms with Crippen LogP contribution in [0.3, 0.4) is 0 Å². The molecule has 122 valence electrons. The number of nitrogens with zero attached hydrogens (tertiary/aromatic N) is 1. The van der Waals surface area contributed by atoms with E-state index in [1.807, 2.05) is 0 Å². The Morgan fingerprint density at radius 3 is 2.59 bits per heavy atom. The maximum Gasteiger partial charge on any atom is 0.241 e. The Bertz CT molecular complexity index is 525. The standard InChI is InChI=1S/C17H26ClN3O/c1-4-16(21-11(2)6-5-7-12(21)3)17(22)20-15-9-8-13(19)10-14(15)18/h8-12,16H,4-7,19H2,1-3H3,(H,20,22).